The smallest absolute Gasteiger partial charge is 0.335 e. The van der Waals surface area contributed by atoms with Gasteiger partial charge < -0.3 is 39.0 Å². The van der Waals surface area contributed by atoms with Gasteiger partial charge in [-0.2, -0.15) is 0 Å². The summed E-state index contributed by atoms with van der Waals surface area (Å²) in [6, 6.07) is 0. The Morgan fingerprint density at radius 1 is 0.398 bits per heavy atom. The van der Waals surface area contributed by atoms with Gasteiger partial charge in [0.1, 0.15) is 18.8 Å². The van der Waals surface area contributed by atoms with Gasteiger partial charge in [0.05, 0.1) is 6.61 Å². The normalized spacial score (nSPS) is 17.9. The highest BCUT2D eigenvalue weighted by Crippen LogP contribution is 2.27. The first kappa shape index (κ1) is 77.4. The predicted molar refractivity (Wildman–Crippen MR) is 340 cm³/mol. The fourth-order valence-electron chi connectivity index (χ4n) is 10.2. The summed E-state index contributed by atoms with van der Waals surface area (Å²) in [6.45, 7) is 5.97. The summed E-state index contributed by atoms with van der Waals surface area (Å²) in [7, 11) is 0. The van der Waals surface area contributed by atoms with Gasteiger partial charge in [-0.25, -0.2) is 4.79 Å². The number of hydrogen-bond acceptors (Lipinski definition) is 11. The second kappa shape index (κ2) is 58.8. The molecule has 0 aromatic heterocycles. The van der Waals surface area contributed by atoms with Crippen LogP contribution in [0.3, 0.4) is 0 Å². The quantitative estimate of drug-likeness (QED) is 0.0228. The second-order valence-corrected chi connectivity index (χ2v) is 23.5. The molecule has 0 aromatic carbocycles. The first-order chi connectivity index (χ1) is 40.6. The third kappa shape index (κ3) is 48.3. The molecule has 0 aromatic rings. The van der Waals surface area contributed by atoms with Crippen molar-refractivity contribution in [2.24, 2.45) is 0 Å². The summed E-state index contributed by atoms with van der Waals surface area (Å²) < 4.78 is 28.6. The van der Waals surface area contributed by atoms with Crippen LogP contribution in [0.25, 0.3) is 0 Å². The van der Waals surface area contributed by atoms with E-state index in [-0.39, 0.29) is 25.9 Å². The van der Waals surface area contributed by atoms with Gasteiger partial charge in [-0.1, -0.05) is 248 Å². The summed E-state index contributed by atoms with van der Waals surface area (Å²) >= 11 is 0. The molecule has 480 valence electrons. The zero-order valence-corrected chi connectivity index (χ0v) is 53.2. The van der Waals surface area contributed by atoms with Crippen molar-refractivity contribution in [3.8, 4) is 0 Å². The van der Waals surface area contributed by atoms with Crippen molar-refractivity contribution in [2.45, 2.75) is 353 Å². The number of hydrogen-bond donors (Lipinski definition) is 3. The molecule has 3 N–H and O–H groups in total. The molecule has 1 aliphatic rings. The molecule has 12 nitrogen and oxygen atoms in total. The molecule has 0 amide bonds. The van der Waals surface area contributed by atoms with E-state index in [1.165, 1.54) is 154 Å². The highest BCUT2D eigenvalue weighted by molar-refractivity contribution is 5.74. The van der Waals surface area contributed by atoms with E-state index in [0.29, 0.717) is 19.3 Å². The van der Waals surface area contributed by atoms with E-state index < -0.39 is 67.3 Å². The molecule has 0 radical (unpaired) electrons. The zero-order chi connectivity index (χ0) is 60.3. The van der Waals surface area contributed by atoms with Crippen molar-refractivity contribution in [3.63, 3.8) is 0 Å². The van der Waals surface area contributed by atoms with Crippen LogP contribution in [-0.4, -0.2) is 89.2 Å². The lowest BCUT2D eigenvalue weighted by Gasteiger charge is -2.40. The lowest BCUT2D eigenvalue weighted by Crippen LogP contribution is -2.61. The highest BCUT2D eigenvalue weighted by atomic mass is 16.7. The van der Waals surface area contributed by atoms with Gasteiger partial charge in [-0.15, -0.1) is 0 Å². The summed E-state index contributed by atoms with van der Waals surface area (Å²) in [5.74, 6) is -3.12. The number of aliphatic hydroxyl groups excluding tert-OH is 2. The zero-order valence-electron chi connectivity index (χ0n) is 53.2. The van der Waals surface area contributed by atoms with E-state index in [4.69, 9.17) is 23.7 Å². The van der Waals surface area contributed by atoms with Crippen LogP contribution in [0.4, 0.5) is 0 Å². The molecule has 0 spiro atoms. The molecule has 0 aliphatic carbocycles. The third-order valence-corrected chi connectivity index (χ3v) is 15.5. The second-order valence-electron chi connectivity index (χ2n) is 23.5. The van der Waals surface area contributed by atoms with Crippen LogP contribution < -0.4 is 0 Å². The van der Waals surface area contributed by atoms with E-state index in [0.717, 1.165) is 103 Å². The molecular formula is C71H124O12. The SMILES string of the molecule is CCCCC/C=C\C/C=C\CCCCCCCCCCCC(=O)OC1C(OCC(COC(=O)CCCCCCCCCCC/C=C\CCCCCCCC)OC(=O)CCCCCCC/C=C\C/C=C\CCCCC)OC(C(=O)O)C(O)C1O. The van der Waals surface area contributed by atoms with Crippen LogP contribution in [0, 0.1) is 0 Å². The average Bonchev–Trinajstić information content (AvgIpc) is 3.60. The lowest BCUT2D eigenvalue weighted by atomic mass is 9.98. The molecular weight excluding hydrogens is 1040 g/mol. The van der Waals surface area contributed by atoms with E-state index in [2.05, 4.69) is 81.5 Å². The van der Waals surface area contributed by atoms with Gasteiger partial charge >= 0.3 is 23.9 Å². The molecule has 0 bridgehead atoms. The van der Waals surface area contributed by atoms with Crippen LogP contribution in [0.1, 0.15) is 316 Å². The number of carboxylic acids is 1. The fraction of sp³-hybridized carbons (Fsp3) is 0.803. The molecule has 1 saturated heterocycles. The van der Waals surface area contributed by atoms with Crippen molar-refractivity contribution in [1.82, 2.24) is 0 Å². The van der Waals surface area contributed by atoms with E-state index in [1.807, 2.05) is 0 Å². The number of aliphatic carboxylic acids is 1. The van der Waals surface area contributed by atoms with E-state index >= 15 is 0 Å². The number of esters is 3. The Morgan fingerprint density at radius 3 is 1.12 bits per heavy atom. The van der Waals surface area contributed by atoms with Crippen LogP contribution >= 0.6 is 0 Å². The molecule has 6 atom stereocenters. The van der Waals surface area contributed by atoms with Crippen LogP contribution in [-0.2, 0) is 42.9 Å². The predicted octanol–water partition coefficient (Wildman–Crippen LogP) is 18.7. The molecule has 1 rings (SSSR count). The first-order valence-corrected chi connectivity index (χ1v) is 34.3. The highest BCUT2D eigenvalue weighted by Gasteiger charge is 2.50. The molecule has 1 heterocycles. The Hall–Kier alpha value is -3.58. The van der Waals surface area contributed by atoms with Crippen LogP contribution in [0.5, 0.6) is 0 Å². The van der Waals surface area contributed by atoms with Crippen LogP contribution in [0.15, 0.2) is 60.8 Å². The Kier molecular flexibility index (Phi) is 54.8. The maximum Gasteiger partial charge on any atom is 0.335 e. The van der Waals surface area contributed by atoms with Gasteiger partial charge in [-0.05, 0) is 109 Å². The molecule has 1 fully saturated rings. The number of rotatable bonds is 59. The van der Waals surface area contributed by atoms with Gasteiger partial charge in [0.2, 0.25) is 0 Å². The summed E-state index contributed by atoms with van der Waals surface area (Å²) in [6.07, 6.45) is 61.7. The molecule has 0 saturated carbocycles. The van der Waals surface area contributed by atoms with Gasteiger partial charge in [-0.3, -0.25) is 14.4 Å². The monoisotopic (exact) mass is 1170 g/mol. The Bertz CT molecular complexity index is 1670. The average molecular weight is 1170 g/mol. The molecule has 1 aliphatic heterocycles. The van der Waals surface area contributed by atoms with Gasteiger partial charge in [0.15, 0.2) is 24.6 Å². The maximum absolute atomic E-state index is 13.2. The summed E-state index contributed by atoms with van der Waals surface area (Å²) in [5, 5.41) is 31.6. The number of carboxylic acid groups (broad SMARTS) is 1. The molecule has 83 heavy (non-hydrogen) atoms. The maximum atomic E-state index is 13.2. The van der Waals surface area contributed by atoms with E-state index in [1.54, 1.807) is 0 Å². The van der Waals surface area contributed by atoms with Crippen molar-refractivity contribution in [1.29, 1.82) is 0 Å². The Balaban J connectivity index is 2.63. The number of carbonyl (C=O) groups excluding carboxylic acids is 3. The first-order valence-electron chi connectivity index (χ1n) is 34.3. The minimum Gasteiger partial charge on any atom is -0.479 e. The number of aliphatic hydroxyl groups is 2. The van der Waals surface area contributed by atoms with Gasteiger partial charge in [0, 0.05) is 19.3 Å². The van der Waals surface area contributed by atoms with Gasteiger partial charge in [0.25, 0.3) is 0 Å². The number of allylic oxidation sites excluding steroid dienone is 10. The fourth-order valence-corrected chi connectivity index (χ4v) is 10.2. The Labute approximate surface area is 506 Å². The molecule has 6 unspecified atom stereocenters. The third-order valence-electron chi connectivity index (χ3n) is 15.5. The van der Waals surface area contributed by atoms with Crippen LogP contribution in [0.2, 0.25) is 0 Å². The standard InChI is InChI=1S/C71H124O12/c1-4-7-10-13-16-19-22-25-28-30-32-34-37-39-42-45-48-51-54-57-63(72)79-60-62(81-64(73)58-55-52-49-46-43-40-36-27-24-21-18-15-12-9-6-3)61-80-71-69(67(76)66(75)68(83-71)70(77)78)82-65(74)59-56-53-50-47-44-41-38-35-33-31-29-26-23-20-17-14-11-8-5-2/h17-18,20-21,25-29,36,62,66-69,71,75-76H,4-16,19,22-24,30-35,37-61H2,1-3H3,(H,77,78)/b20-17-,21-18-,28-25-,29-26-,36-27-. The summed E-state index contributed by atoms with van der Waals surface area (Å²) in [4.78, 5) is 51.4. The van der Waals surface area contributed by atoms with E-state index in [9.17, 15) is 34.5 Å². The minimum absolute atomic E-state index is 0.0542. The summed E-state index contributed by atoms with van der Waals surface area (Å²) in [5.41, 5.74) is 0. The Morgan fingerprint density at radius 2 is 0.723 bits per heavy atom. The van der Waals surface area contributed by atoms with Crippen molar-refractivity contribution in [2.75, 3.05) is 13.2 Å². The molecule has 12 heteroatoms. The lowest BCUT2D eigenvalue weighted by molar-refractivity contribution is -0.301. The number of carbonyl (C=O) groups is 4. The topological polar surface area (TPSA) is 175 Å². The minimum atomic E-state index is -1.91. The van der Waals surface area contributed by atoms with Crippen molar-refractivity contribution in [3.05, 3.63) is 60.8 Å². The van der Waals surface area contributed by atoms with Crippen molar-refractivity contribution < 1.29 is 58.2 Å². The number of unbranched alkanes of at least 4 members (excludes halogenated alkanes) is 35. The number of ether oxygens (including phenoxy) is 5. The van der Waals surface area contributed by atoms with Crippen molar-refractivity contribution >= 4 is 23.9 Å². The largest absolute Gasteiger partial charge is 0.479 e.